The second-order valence-electron chi connectivity index (χ2n) is 8.65. The van der Waals surface area contributed by atoms with E-state index in [1.54, 1.807) is 24.4 Å². The number of fused-ring (bicyclic) bond motifs is 1. The van der Waals surface area contributed by atoms with Crippen molar-refractivity contribution in [1.82, 2.24) is 14.6 Å². The molecule has 1 aromatic carbocycles. The molecule has 9 heteroatoms. The zero-order valence-electron chi connectivity index (χ0n) is 17.7. The molecule has 7 nitrogen and oxygen atoms in total. The highest BCUT2D eigenvalue weighted by molar-refractivity contribution is 7.89. The highest BCUT2D eigenvalue weighted by atomic mass is 35.5. The summed E-state index contributed by atoms with van der Waals surface area (Å²) in [5.74, 6) is 0.171. The molecule has 0 bridgehead atoms. The number of aromatic nitrogens is 1. The van der Waals surface area contributed by atoms with Gasteiger partial charge in [0.15, 0.2) is 0 Å². The van der Waals surface area contributed by atoms with Gasteiger partial charge in [-0.15, -0.1) is 0 Å². The van der Waals surface area contributed by atoms with Gasteiger partial charge in [-0.05, 0) is 52.5 Å². The van der Waals surface area contributed by atoms with Crippen LogP contribution in [0.15, 0.2) is 35.5 Å². The molecular weight excluding hydrogens is 426 g/mol. The summed E-state index contributed by atoms with van der Waals surface area (Å²) >= 11 is 6.27. The van der Waals surface area contributed by atoms with Crippen molar-refractivity contribution >= 4 is 38.5 Å². The quantitative estimate of drug-likeness (QED) is 0.749. The molecule has 1 saturated heterocycles. The van der Waals surface area contributed by atoms with Crippen molar-refractivity contribution in [3.05, 3.63) is 35.6 Å². The molecule has 0 radical (unpaired) electrons. The Bertz CT molecular complexity index is 1020. The van der Waals surface area contributed by atoms with Crippen LogP contribution >= 0.6 is 11.6 Å². The van der Waals surface area contributed by atoms with E-state index in [0.717, 1.165) is 0 Å². The first kappa shape index (κ1) is 22.8. The number of halogens is 1. The zero-order chi connectivity index (χ0) is 22.1. The van der Waals surface area contributed by atoms with Crippen molar-refractivity contribution < 1.29 is 17.9 Å². The van der Waals surface area contributed by atoms with E-state index in [4.69, 9.17) is 16.3 Å². The number of pyridine rings is 1. The third-order valence-electron chi connectivity index (χ3n) is 5.27. The van der Waals surface area contributed by atoms with Crippen molar-refractivity contribution in [2.24, 2.45) is 5.92 Å². The number of sulfonamides is 1. The van der Waals surface area contributed by atoms with Crippen molar-refractivity contribution in [3.63, 3.8) is 0 Å². The van der Waals surface area contributed by atoms with Crippen molar-refractivity contribution in [3.8, 4) is 0 Å². The van der Waals surface area contributed by atoms with E-state index in [9.17, 15) is 13.2 Å². The Morgan fingerprint density at radius 1 is 1.27 bits per heavy atom. The van der Waals surface area contributed by atoms with E-state index in [0.29, 0.717) is 41.7 Å². The lowest BCUT2D eigenvalue weighted by Crippen LogP contribution is -2.46. The first-order valence-electron chi connectivity index (χ1n) is 10.0. The van der Waals surface area contributed by atoms with Crippen LogP contribution in [0.5, 0.6) is 0 Å². The summed E-state index contributed by atoms with van der Waals surface area (Å²) in [6, 6.07) is 4.97. The monoisotopic (exact) mass is 453 g/mol. The molecule has 1 aromatic heterocycles. The molecule has 0 spiro atoms. The van der Waals surface area contributed by atoms with E-state index in [-0.39, 0.29) is 16.9 Å². The smallest absolute Gasteiger partial charge is 0.407 e. The standard InChI is InChI=1S/C21H28ClN3O4S/c1-14(24-20(26)29-21(2,3)4)15-8-10-25(11-9-15)30(27,28)18-7-5-6-16-12-23-13-17(22)19(16)18/h5-7,12-15H,8-11H2,1-4H3,(H,24,26). The number of rotatable bonds is 4. The Morgan fingerprint density at radius 3 is 2.57 bits per heavy atom. The Balaban J connectivity index is 1.70. The van der Waals surface area contributed by atoms with Crippen LogP contribution in [0.2, 0.25) is 5.02 Å². The van der Waals surface area contributed by atoms with Gasteiger partial charge in [0.05, 0.1) is 9.92 Å². The molecule has 1 N–H and O–H groups in total. The second-order valence-corrected chi connectivity index (χ2v) is 11.0. The fraction of sp³-hybridized carbons (Fsp3) is 0.524. The molecule has 1 aliphatic heterocycles. The van der Waals surface area contributed by atoms with E-state index in [2.05, 4.69) is 10.3 Å². The summed E-state index contributed by atoms with van der Waals surface area (Å²) in [5.41, 5.74) is -0.559. The molecule has 2 aromatic rings. The number of amides is 1. The van der Waals surface area contributed by atoms with Gasteiger partial charge in [0, 0.05) is 42.3 Å². The Morgan fingerprint density at radius 2 is 1.93 bits per heavy atom. The van der Waals surface area contributed by atoms with Crippen molar-refractivity contribution in [1.29, 1.82) is 0 Å². The van der Waals surface area contributed by atoms with Crippen LogP contribution in [-0.2, 0) is 14.8 Å². The molecule has 1 unspecified atom stereocenters. The molecule has 164 valence electrons. The van der Waals surface area contributed by atoms with Gasteiger partial charge < -0.3 is 10.1 Å². The number of carbonyl (C=O) groups excluding carboxylic acids is 1. The fourth-order valence-electron chi connectivity index (χ4n) is 3.74. The molecule has 1 fully saturated rings. The predicted molar refractivity (Wildman–Crippen MR) is 117 cm³/mol. The van der Waals surface area contributed by atoms with Crippen LogP contribution in [0.25, 0.3) is 10.8 Å². The first-order chi connectivity index (χ1) is 14.0. The highest BCUT2D eigenvalue weighted by Crippen LogP contribution is 2.33. The van der Waals surface area contributed by atoms with Crippen LogP contribution < -0.4 is 5.32 Å². The number of carbonyl (C=O) groups is 1. The van der Waals surface area contributed by atoms with Crippen molar-refractivity contribution in [2.45, 2.75) is 57.1 Å². The first-order valence-corrected chi connectivity index (χ1v) is 11.8. The molecule has 1 atom stereocenters. The minimum absolute atomic E-state index is 0.109. The van der Waals surface area contributed by atoms with Gasteiger partial charge in [-0.2, -0.15) is 4.31 Å². The Hall–Kier alpha value is -1.90. The van der Waals surface area contributed by atoms with Crippen LogP contribution in [0.1, 0.15) is 40.5 Å². The van der Waals surface area contributed by atoms with Gasteiger partial charge in [-0.1, -0.05) is 23.7 Å². The summed E-state index contributed by atoms with van der Waals surface area (Å²) in [4.78, 5) is 16.3. The third-order valence-corrected chi connectivity index (χ3v) is 7.49. The summed E-state index contributed by atoms with van der Waals surface area (Å²) in [6.07, 6.45) is 3.91. The average Bonchev–Trinajstić information content (AvgIpc) is 2.66. The van der Waals surface area contributed by atoms with Crippen LogP contribution in [-0.4, -0.2) is 48.5 Å². The maximum Gasteiger partial charge on any atom is 0.407 e. The number of nitrogens with one attached hydrogen (secondary N) is 1. The highest BCUT2D eigenvalue weighted by Gasteiger charge is 2.33. The number of piperidine rings is 1. The van der Waals surface area contributed by atoms with E-state index < -0.39 is 21.7 Å². The van der Waals surface area contributed by atoms with Crippen LogP contribution in [0.4, 0.5) is 4.79 Å². The number of hydrogen-bond donors (Lipinski definition) is 1. The summed E-state index contributed by atoms with van der Waals surface area (Å²) in [7, 11) is -3.70. The fourth-order valence-corrected chi connectivity index (χ4v) is 5.77. The summed E-state index contributed by atoms with van der Waals surface area (Å²) in [6.45, 7) is 8.14. The maximum atomic E-state index is 13.3. The second kappa shape index (κ2) is 8.69. The van der Waals surface area contributed by atoms with Gasteiger partial charge in [0.2, 0.25) is 10.0 Å². The topological polar surface area (TPSA) is 88.6 Å². The van der Waals surface area contributed by atoms with E-state index in [1.165, 1.54) is 10.5 Å². The lowest BCUT2D eigenvalue weighted by molar-refractivity contribution is 0.0481. The molecule has 1 aliphatic rings. The lowest BCUT2D eigenvalue weighted by Gasteiger charge is -2.34. The molecule has 30 heavy (non-hydrogen) atoms. The maximum absolute atomic E-state index is 13.3. The van der Waals surface area contributed by atoms with E-state index in [1.807, 2.05) is 27.7 Å². The van der Waals surface area contributed by atoms with E-state index >= 15 is 0 Å². The predicted octanol–water partition coefficient (Wildman–Crippen LogP) is 4.20. The minimum atomic E-state index is -3.70. The minimum Gasteiger partial charge on any atom is -0.444 e. The largest absolute Gasteiger partial charge is 0.444 e. The van der Waals surface area contributed by atoms with Crippen LogP contribution in [0, 0.1) is 5.92 Å². The molecule has 3 rings (SSSR count). The molecule has 1 amide bonds. The van der Waals surface area contributed by atoms with Gasteiger partial charge in [0.25, 0.3) is 0 Å². The Labute approximate surface area is 182 Å². The molecule has 2 heterocycles. The number of nitrogens with zero attached hydrogens (tertiary/aromatic N) is 2. The SMILES string of the molecule is CC(NC(=O)OC(C)(C)C)C1CCN(S(=O)(=O)c2cccc3cncc(Cl)c23)CC1. The third kappa shape index (κ3) is 5.04. The van der Waals surface area contributed by atoms with Crippen LogP contribution in [0.3, 0.4) is 0 Å². The van der Waals surface area contributed by atoms with Gasteiger partial charge in [0.1, 0.15) is 5.60 Å². The Kier molecular flexibility index (Phi) is 6.60. The zero-order valence-corrected chi connectivity index (χ0v) is 19.3. The number of ether oxygens (including phenoxy) is 1. The summed E-state index contributed by atoms with van der Waals surface area (Å²) in [5, 5.41) is 4.37. The van der Waals surface area contributed by atoms with Gasteiger partial charge in [-0.25, -0.2) is 13.2 Å². The molecule has 0 saturated carbocycles. The normalized spacial score (nSPS) is 17.6. The average molecular weight is 454 g/mol. The lowest BCUT2D eigenvalue weighted by atomic mass is 9.91. The van der Waals surface area contributed by atoms with Crippen molar-refractivity contribution in [2.75, 3.05) is 13.1 Å². The number of alkyl carbamates (subject to hydrolysis) is 1. The van der Waals surface area contributed by atoms with Gasteiger partial charge >= 0.3 is 6.09 Å². The number of benzene rings is 1. The molecule has 0 aliphatic carbocycles. The van der Waals surface area contributed by atoms with Gasteiger partial charge in [-0.3, -0.25) is 4.98 Å². The molecular formula is C21H28ClN3O4S. The number of hydrogen-bond acceptors (Lipinski definition) is 5. The summed E-state index contributed by atoms with van der Waals surface area (Å²) < 4.78 is 33.4.